The number of aryl methyl sites for hydroxylation is 1. The molecule has 196 valence electrons. The molecule has 0 radical (unpaired) electrons. The summed E-state index contributed by atoms with van der Waals surface area (Å²) < 4.78 is 13.5. The number of fused-ring (bicyclic) bond motifs is 1. The number of hydrogen-bond acceptors (Lipinski definition) is 5. The van der Waals surface area contributed by atoms with Gasteiger partial charge in [-0.1, -0.05) is 48.5 Å². The minimum atomic E-state index is -0.0751. The highest BCUT2D eigenvalue weighted by molar-refractivity contribution is 6.07. The summed E-state index contributed by atoms with van der Waals surface area (Å²) in [5.41, 5.74) is 6.74. The van der Waals surface area contributed by atoms with E-state index in [1.54, 1.807) is 32.6 Å². The second-order valence-electron chi connectivity index (χ2n) is 9.30. The lowest BCUT2D eigenvalue weighted by Crippen LogP contribution is -2.12. The van der Waals surface area contributed by atoms with E-state index in [4.69, 9.17) is 9.47 Å². The van der Waals surface area contributed by atoms with E-state index < -0.39 is 0 Å². The van der Waals surface area contributed by atoms with E-state index in [1.165, 1.54) is 0 Å². The van der Waals surface area contributed by atoms with Crippen molar-refractivity contribution in [1.29, 1.82) is 0 Å². The van der Waals surface area contributed by atoms with Crippen LogP contribution in [0.4, 0.5) is 0 Å². The first kappa shape index (κ1) is 25.9. The van der Waals surface area contributed by atoms with Crippen LogP contribution in [0.25, 0.3) is 28.2 Å². The average molecular weight is 518 g/mol. The number of methoxy groups -OCH3 is 2. The van der Waals surface area contributed by atoms with Gasteiger partial charge in [0.2, 0.25) is 0 Å². The van der Waals surface area contributed by atoms with Gasteiger partial charge >= 0.3 is 0 Å². The minimum Gasteiger partial charge on any atom is -0.496 e. The number of carbonyl (C=O) groups is 1. The topological polar surface area (TPSA) is 65.4 Å². The molecule has 0 unspecified atom stereocenters. The number of benzene rings is 3. The SMILES string of the molecule is COc1cc(OC)c(-c2cc3ccccc3n2C)cc1/C=C/C(=O)c1ccc(CNCc2cccnc2)cc1. The van der Waals surface area contributed by atoms with Crippen LogP contribution in [-0.2, 0) is 20.1 Å². The first-order chi connectivity index (χ1) is 19.1. The van der Waals surface area contributed by atoms with Gasteiger partial charge in [-0.3, -0.25) is 9.78 Å². The number of pyridine rings is 1. The highest BCUT2D eigenvalue weighted by Gasteiger charge is 2.16. The minimum absolute atomic E-state index is 0.0751. The van der Waals surface area contributed by atoms with Gasteiger partial charge in [0.25, 0.3) is 0 Å². The maximum atomic E-state index is 13.0. The van der Waals surface area contributed by atoms with E-state index in [0.717, 1.165) is 45.4 Å². The van der Waals surface area contributed by atoms with E-state index in [1.807, 2.05) is 73.9 Å². The van der Waals surface area contributed by atoms with Crippen molar-refractivity contribution in [3.05, 3.63) is 120 Å². The molecular formula is C33H31N3O3. The van der Waals surface area contributed by atoms with E-state index >= 15 is 0 Å². The molecule has 0 atom stereocenters. The van der Waals surface area contributed by atoms with Crippen LogP contribution in [0.5, 0.6) is 11.5 Å². The number of hydrogen-bond donors (Lipinski definition) is 1. The predicted molar refractivity (Wildman–Crippen MR) is 156 cm³/mol. The summed E-state index contributed by atoms with van der Waals surface area (Å²) in [5, 5.41) is 4.55. The Morgan fingerprint density at radius 1 is 0.897 bits per heavy atom. The van der Waals surface area contributed by atoms with Crippen molar-refractivity contribution in [1.82, 2.24) is 14.9 Å². The third-order valence-electron chi connectivity index (χ3n) is 6.81. The predicted octanol–water partition coefficient (Wildman–Crippen LogP) is 6.44. The van der Waals surface area contributed by atoms with Crippen LogP contribution in [0.15, 0.2) is 97.3 Å². The highest BCUT2D eigenvalue weighted by atomic mass is 16.5. The number of ketones is 1. The molecule has 0 aliphatic rings. The zero-order chi connectivity index (χ0) is 27.2. The van der Waals surface area contributed by atoms with Crippen molar-refractivity contribution >= 4 is 22.8 Å². The lowest BCUT2D eigenvalue weighted by Gasteiger charge is -2.14. The molecule has 0 saturated heterocycles. The lowest BCUT2D eigenvalue weighted by atomic mass is 10.0. The van der Waals surface area contributed by atoms with E-state index in [9.17, 15) is 4.79 Å². The molecule has 0 amide bonds. The molecule has 39 heavy (non-hydrogen) atoms. The molecule has 3 aromatic carbocycles. The molecule has 0 spiro atoms. The summed E-state index contributed by atoms with van der Waals surface area (Å²) in [6, 6.07) is 25.9. The summed E-state index contributed by atoms with van der Waals surface area (Å²) in [6.45, 7) is 1.45. The molecule has 0 aliphatic carbocycles. The number of rotatable bonds is 10. The number of allylic oxidation sites excluding steroid dienone is 1. The molecule has 1 N–H and O–H groups in total. The quantitative estimate of drug-likeness (QED) is 0.171. The summed E-state index contributed by atoms with van der Waals surface area (Å²) in [6.07, 6.45) is 7.01. The Balaban J connectivity index is 1.34. The first-order valence-electron chi connectivity index (χ1n) is 12.8. The van der Waals surface area contributed by atoms with Crippen LogP contribution in [0.3, 0.4) is 0 Å². The second-order valence-corrected chi connectivity index (χ2v) is 9.30. The monoisotopic (exact) mass is 517 g/mol. The Labute approximate surface area is 228 Å². The number of nitrogens with one attached hydrogen (secondary N) is 1. The van der Waals surface area contributed by atoms with Crippen LogP contribution < -0.4 is 14.8 Å². The first-order valence-corrected chi connectivity index (χ1v) is 12.8. The summed E-state index contributed by atoms with van der Waals surface area (Å²) in [5.74, 6) is 1.26. The van der Waals surface area contributed by atoms with Crippen LogP contribution >= 0.6 is 0 Å². The number of ether oxygens (including phenoxy) is 2. The zero-order valence-electron chi connectivity index (χ0n) is 22.3. The molecule has 6 nitrogen and oxygen atoms in total. The van der Waals surface area contributed by atoms with Crippen molar-refractivity contribution in [2.24, 2.45) is 7.05 Å². The van der Waals surface area contributed by atoms with Gasteiger partial charge in [-0.05, 0) is 47.5 Å². The van der Waals surface area contributed by atoms with Gasteiger partial charge in [-0.2, -0.15) is 0 Å². The molecule has 0 fully saturated rings. The molecule has 5 rings (SSSR count). The Hall–Kier alpha value is -4.68. The highest BCUT2D eigenvalue weighted by Crippen LogP contribution is 2.38. The number of para-hydroxylation sites is 1. The normalized spacial score (nSPS) is 11.3. The Morgan fingerprint density at radius 3 is 2.38 bits per heavy atom. The molecular weight excluding hydrogens is 486 g/mol. The smallest absolute Gasteiger partial charge is 0.185 e. The van der Waals surface area contributed by atoms with Gasteiger partial charge in [-0.25, -0.2) is 0 Å². The standard InChI is InChI=1S/C33H31N3O3/c1-36-29-9-5-4-8-26(29)18-30(36)28-17-27(32(38-2)19-33(28)39-3)14-15-31(37)25-12-10-23(11-13-25)20-35-22-24-7-6-16-34-21-24/h4-19,21,35H,20,22H2,1-3H3/b15-14+. The van der Waals surface area contributed by atoms with Crippen LogP contribution in [-0.4, -0.2) is 29.6 Å². The van der Waals surface area contributed by atoms with Crippen molar-refractivity contribution in [2.75, 3.05) is 14.2 Å². The zero-order valence-corrected chi connectivity index (χ0v) is 22.3. The number of nitrogens with zero attached hydrogens (tertiary/aromatic N) is 2. The van der Waals surface area contributed by atoms with Gasteiger partial charge in [0.05, 0.1) is 19.9 Å². The second kappa shape index (κ2) is 11.8. The summed E-state index contributed by atoms with van der Waals surface area (Å²) >= 11 is 0. The van der Waals surface area contributed by atoms with Gasteiger partial charge in [0.1, 0.15) is 11.5 Å². The third-order valence-corrected chi connectivity index (χ3v) is 6.81. The van der Waals surface area contributed by atoms with Gasteiger partial charge in [0, 0.05) is 66.2 Å². The van der Waals surface area contributed by atoms with E-state index in [-0.39, 0.29) is 5.78 Å². The van der Waals surface area contributed by atoms with Crippen LogP contribution in [0, 0.1) is 0 Å². The molecule has 2 heterocycles. The van der Waals surface area contributed by atoms with Crippen molar-refractivity contribution in [3.63, 3.8) is 0 Å². The molecule has 0 saturated carbocycles. The number of aromatic nitrogens is 2. The van der Waals surface area contributed by atoms with Crippen LogP contribution in [0.2, 0.25) is 0 Å². The third kappa shape index (κ3) is 5.76. The van der Waals surface area contributed by atoms with Gasteiger partial charge in [0.15, 0.2) is 5.78 Å². The number of carbonyl (C=O) groups excluding carboxylic acids is 1. The summed E-state index contributed by atoms with van der Waals surface area (Å²) in [4.78, 5) is 17.1. The van der Waals surface area contributed by atoms with Gasteiger partial charge < -0.3 is 19.4 Å². The molecule has 0 aliphatic heterocycles. The Bertz CT molecular complexity index is 1620. The maximum Gasteiger partial charge on any atom is 0.185 e. The fraction of sp³-hybridized carbons (Fsp3) is 0.152. The molecule has 0 bridgehead atoms. The molecule has 5 aromatic rings. The largest absolute Gasteiger partial charge is 0.496 e. The van der Waals surface area contributed by atoms with Crippen molar-refractivity contribution < 1.29 is 14.3 Å². The Kier molecular flexibility index (Phi) is 7.85. The van der Waals surface area contributed by atoms with E-state index in [0.29, 0.717) is 23.6 Å². The van der Waals surface area contributed by atoms with Gasteiger partial charge in [-0.15, -0.1) is 0 Å². The van der Waals surface area contributed by atoms with Crippen molar-refractivity contribution in [2.45, 2.75) is 13.1 Å². The molecule has 2 aromatic heterocycles. The Morgan fingerprint density at radius 2 is 1.67 bits per heavy atom. The van der Waals surface area contributed by atoms with Crippen molar-refractivity contribution in [3.8, 4) is 22.8 Å². The summed E-state index contributed by atoms with van der Waals surface area (Å²) in [7, 11) is 5.31. The maximum absolute atomic E-state index is 13.0. The average Bonchev–Trinajstić information content (AvgIpc) is 3.32. The lowest BCUT2D eigenvalue weighted by molar-refractivity contribution is 0.104. The van der Waals surface area contributed by atoms with Crippen LogP contribution in [0.1, 0.15) is 27.0 Å². The fourth-order valence-corrected chi connectivity index (χ4v) is 4.70. The van der Waals surface area contributed by atoms with E-state index in [2.05, 4.69) is 33.1 Å². The fourth-order valence-electron chi connectivity index (χ4n) is 4.70. The molecule has 6 heteroatoms.